The van der Waals surface area contributed by atoms with E-state index in [1.165, 1.54) is 31.4 Å². The summed E-state index contributed by atoms with van der Waals surface area (Å²) >= 11 is 1.34. The molecule has 168 valence electrons. The molecule has 8 nitrogen and oxygen atoms in total. The lowest BCUT2D eigenvalue weighted by atomic mass is 10.1. The Morgan fingerprint density at radius 1 is 1.25 bits per heavy atom. The van der Waals surface area contributed by atoms with Crippen LogP contribution in [0.3, 0.4) is 0 Å². The number of benzene rings is 2. The molecule has 0 unspecified atom stereocenters. The van der Waals surface area contributed by atoms with E-state index in [0.717, 1.165) is 31.3 Å². The van der Waals surface area contributed by atoms with E-state index in [1.54, 1.807) is 17.0 Å². The first-order valence-corrected chi connectivity index (χ1v) is 12.4. The summed E-state index contributed by atoms with van der Waals surface area (Å²) in [6.45, 7) is 5.06. The van der Waals surface area contributed by atoms with Gasteiger partial charge in [-0.15, -0.1) is 0 Å². The van der Waals surface area contributed by atoms with Crippen molar-refractivity contribution in [3.05, 3.63) is 47.5 Å². The Balaban J connectivity index is 1.48. The first-order valence-electron chi connectivity index (χ1n) is 10.1. The third kappa shape index (κ3) is 4.13. The van der Waals surface area contributed by atoms with Crippen LogP contribution in [0.15, 0.2) is 41.3 Å². The molecule has 1 aliphatic rings. The van der Waals surface area contributed by atoms with Gasteiger partial charge in [-0.3, -0.25) is 9.59 Å². The van der Waals surface area contributed by atoms with Crippen molar-refractivity contribution >= 4 is 54.2 Å². The van der Waals surface area contributed by atoms with Crippen LogP contribution in [-0.2, 0) is 26.0 Å². The van der Waals surface area contributed by atoms with Crippen molar-refractivity contribution in [2.45, 2.75) is 38.1 Å². The Bertz CT molecular complexity index is 1330. The number of rotatable bonds is 5. The predicted octanol–water partition coefficient (Wildman–Crippen LogP) is 3.16. The number of nitrogens with one attached hydrogen (secondary N) is 1. The molecule has 1 aliphatic heterocycles. The molecule has 0 fully saturated rings. The van der Waals surface area contributed by atoms with Gasteiger partial charge < -0.3 is 10.2 Å². The maximum absolute atomic E-state index is 13.0. The molecule has 4 rings (SSSR count). The van der Waals surface area contributed by atoms with Crippen LogP contribution in [0.5, 0.6) is 0 Å². The lowest BCUT2D eigenvalue weighted by Gasteiger charge is -2.21. The average Bonchev–Trinajstić information content (AvgIpc) is 3.25. The van der Waals surface area contributed by atoms with E-state index in [-0.39, 0.29) is 23.4 Å². The lowest BCUT2D eigenvalue weighted by molar-refractivity contribution is -0.117. The van der Waals surface area contributed by atoms with E-state index in [0.29, 0.717) is 11.6 Å². The summed E-state index contributed by atoms with van der Waals surface area (Å²) in [5, 5.41) is 3.12. The molecule has 0 bridgehead atoms. The molecule has 0 radical (unpaired) electrons. The Morgan fingerprint density at radius 3 is 2.72 bits per heavy atom. The number of sulfonamides is 1. The van der Waals surface area contributed by atoms with E-state index in [1.807, 2.05) is 32.0 Å². The van der Waals surface area contributed by atoms with E-state index in [2.05, 4.69) is 10.3 Å². The minimum atomic E-state index is -3.88. The largest absolute Gasteiger partial charge is 0.309 e. The number of fused-ring (bicyclic) bond motifs is 2. The highest BCUT2D eigenvalue weighted by atomic mass is 32.2. The van der Waals surface area contributed by atoms with E-state index >= 15 is 0 Å². The molecular formula is C22H24N4O4S2. The first-order chi connectivity index (χ1) is 15.1. The van der Waals surface area contributed by atoms with Gasteiger partial charge in [-0.25, -0.2) is 13.4 Å². The summed E-state index contributed by atoms with van der Waals surface area (Å²) in [5.41, 5.74) is 3.41. The molecule has 0 spiro atoms. The SMILES string of the molecule is CC(=O)N1c2ccc(S(=O)(=O)N(C)CC(=O)Nc3nc4ccc(C)cc4s3)cc2C[C@H]1C. The topological polar surface area (TPSA) is 99.7 Å². The number of likely N-dealkylation sites (N-methyl/N-ethyl adjacent to an activating group) is 1. The van der Waals surface area contributed by atoms with Gasteiger partial charge in [0.2, 0.25) is 21.8 Å². The standard InChI is InChI=1S/C22H24N4O4S2/c1-13-5-7-18-20(9-13)31-22(23-18)24-21(28)12-25(4)32(29,30)17-6-8-19-16(11-17)10-14(2)26(19)15(3)27/h5-9,11,14H,10,12H2,1-4H3,(H,23,24,28)/t14-/m1/s1. The van der Waals surface area contributed by atoms with Crippen LogP contribution in [0.1, 0.15) is 25.0 Å². The van der Waals surface area contributed by atoms with Gasteiger partial charge in [0, 0.05) is 25.7 Å². The highest BCUT2D eigenvalue weighted by molar-refractivity contribution is 7.89. The van der Waals surface area contributed by atoms with Gasteiger partial charge in [0.15, 0.2) is 5.13 Å². The summed E-state index contributed by atoms with van der Waals surface area (Å²) in [5.74, 6) is -0.546. The molecule has 2 amide bonds. The Morgan fingerprint density at radius 2 is 2.00 bits per heavy atom. The van der Waals surface area contributed by atoms with Gasteiger partial charge >= 0.3 is 0 Å². The zero-order valence-electron chi connectivity index (χ0n) is 18.2. The number of carbonyl (C=O) groups is 2. The van der Waals surface area contributed by atoms with Crippen molar-refractivity contribution in [2.24, 2.45) is 0 Å². The molecule has 0 saturated carbocycles. The number of nitrogens with zero attached hydrogens (tertiary/aromatic N) is 3. The Hall–Kier alpha value is -2.82. The molecule has 0 saturated heterocycles. The molecule has 2 aromatic carbocycles. The van der Waals surface area contributed by atoms with Crippen LogP contribution in [-0.4, -0.2) is 49.2 Å². The maximum atomic E-state index is 13.0. The highest BCUT2D eigenvalue weighted by Crippen LogP contribution is 2.34. The van der Waals surface area contributed by atoms with Crippen molar-refractivity contribution in [2.75, 3.05) is 23.8 Å². The molecule has 2 heterocycles. The maximum Gasteiger partial charge on any atom is 0.243 e. The first kappa shape index (κ1) is 22.4. The Kier molecular flexibility index (Phi) is 5.78. The summed E-state index contributed by atoms with van der Waals surface area (Å²) in [6, 6.07) is 10.5. The van der Waals surface area contributed by atoms with E-state index in [4.69, 9.17) is 0 Å². The van der Waals surface area contributed by atoms with Crippen LogP contribution in [0.2, 0.25) is 0 Å². The minimum Gasteiger partial charge on any atom is -0.309 e. The number of carbonyl (C=O) groups excluding carboxylic acids is 2. The van der Waals surface area contributed by atoms with Crippen molar-refractivity contribution in [1.82, 2.24) is 9.29 Å². The molecule has 1 atom stereocenters. The number of hydrogen-bond donors (Lipinski definition) is 1. The number of amides is 2. The fourth-order valence-corrected chi connectivity index (χ4v) is 6.12. The van der Waals surface area contributed by atoms with Gasteiger partial charge in [-0.1, -0.05) is 17.4 Å². The molecule has 1 aromatic heterocycles. The predicted molar refractivity (Wildman–Crippen MR) is 126 cm³/mol. The van der Waals surface area contributed by atoms with Crippen molar-refractivity contribution < 1.29 is 18.0 Å². The molecule has 3 aromatic rings. The molecule has 0 aliphatic carbocycles. The number of thiazole rings is 1. The van der Waals surface area contributed by atoms with E-state index in [9.17, 15) is 18.0 Å². The Labute approximate surface area is 190 Å². The van der Waals surface area contributed by atoms with Crippen LogP contribution < -0.4 is 10.2 Å². The van der Waals surface area contributed by atoms with Crippen molar-refractivity contribution in [3.63, 3.8) is 0 Å². The molecule has 32 heavy (non-hydrogen) atoms. The van der Waals surface area contributed by atoms with Gasteiger partial charge in [0.1, 0.15) is 0 Å². The van der Waals surface area contributed by atoms with Gasteiger partial charge in [-0.2, -0.15) is 4.31 Å². The summed E-state index contributed by atoms with van der Waals surface area (Å²) in [6.07, 6.45) is 0.583. The normalized spacial score (nSPS) is 15.9. The van der Waals surface area contributed by atoms with Crippen LogP contribution in [0.25, 0.3) is 10.2 Å². The quantitative estimate of drug-likeness (QED) is 0.615. The second kappa shape index (κ2) is 8.27. The number of aromatic nitrogens is 1. The second-order valence-corrected chi connectivity index (χ2v) is 11.1. The van der Waals surface area contributed by atoms with Crippen LogP contribution >= 0.6 is 11.3 Å². The second-order valence-electron chi connectivity index (χ2n) is 8.03. The average molecular weight is 473 g/mol. The minimum absolute atomic E-state index is 0.0263. The third-order valence-corrected chi connectivity index (χ3v) is 8.20. The molecule has 10 heteroatoms. The fraction of sp³-hybridized carbons (Fsp3) is 0.318. The monoisotopic (exact) mass is 472 g/mol. The van der Waals surface area contributed by atoms with E-state index < -0.39 is 15.9 Å². The highest BCUT2D eigenvalue weighted by Gasteiger charge is 2.31. The molecule has 1 N–H and O–H groups in total. The number of aryl methyl sites for hydroxylation is 1. The number of hydrogen-bond acceptors (Lipinski definition) is 6. The van der Waals surface area contributed by atoms with Crippen LogP contribution in [0, 0.1) is 6.92 Å². The fourth-order valence-electron chi connectivity index (χ4n) is 3.96. The lowest BCUT2D eigenvalue weighted by Crippen LogP contribution is -2.35. The van der Waals surface area contributed by atoms with Gasteiger partial charge in [-0.05, 0) is 61.7 Å². The zero-order valence-corrected chi connectivity index (χ0v) is 19.9. The third-order valence-electron chi connectivity index (χ3n) is 5.47. The summed E-state index contributed by atoms with van der Waals surface area (Å²) in [7, 11) is -2.51. The zero-order chi connectivity index (χ0) is 23.2. The van der Waals surface area contributed by atoms with Gasteiger partial charge in [0.05, 0.1) is 21.7 Å². The van der Waals surface area contributed by atoms with Crippen LogP contribution in [0.4, 0.5) is 10.8 Å². The summed E-state index contributed by atoms with van der Waals surface area (Å²) < 4.78 is 28.1. The van der Waals surface area contributed by atoms with Crippen molar-refractivity contribution in [1.29, 1.82) is 0 Å². The molecular weight excluding hydrogens is 448 g/mol. The van der Waals surface area contributed by atoms with Crippen molar-refractivity contribution in [3.8, 4) is 0 Å². The van der Waals surface area contributed by atoms with Gasteiger partial charge in [0.25, 0.3) is 0 Å². The number of anilines is 2. The smallest absolute Gasteiger partial charge is 0.243 e. The summed E-state index contributed by atoms with van der Waals surface area (Å²) in [4.78, 5) is 30.5.